The van der Waals surface area contributed by atoms with E-state index < -0.39 is 6.04 Å². The number of carbonyl (C=O) groups is 1. The van der Waals surface area contributed by atoms with Gasteiger partial charge in [0, 0.05) is 17.4 Å². The van der Waals surface area contributed by atoms with Gasteiger partial charge >= 0.3 is 0 Å². The van der Waals surface area contributed by atoms with Gasteiger partial charge in [0.15, 0.2) is 0 Å². The second kappa shape index (κ2) is 9.21. The van der Waals surface area contributed by atoms with Crippen LogP contribution >= 0.6 is 15.9 Å². The van der Waals surface area contributed by atoms with E-state index in [1.54, 1.807) is 0 Å². The van der Waals surface area contributed by atoms with Crippen LogP contribution < -0.4 is 10.6 Å². The summed E-state index contributed by atoms with van der Waals surface area (Å²) < 4.78 is 1.02. The third-order valence-electron chi connectivity index (χ3n) is 3.58. The maximum atomic E-state index is 12.0. The van der Waals surface area contributed by atoms with E-state index in [2.05, 4.69) is 32.6 Å². The molecule has 2 aromatic rings. The van der Waals surface area contributed by atoms with Gasteiger partial charge in [-0.05, 0) is 30.2 Å². The van der Waals surface area contributed by atoms with E-state index in [0.29, 0.717) is 13.0 Å². The number of nitrogens with one attached hydrogen (secondary N) is 2. The van der Waals surface area contributed by atoms with Crippen LogP contribution in [-0.4, -0.2) is 18.5 Å². The van der Waals surface area contributed by atoms with Crippen molar-refractivity contribution in [3.05, 3.63) is 69.7 Å². The number of rotatable bonds is 7. The summed E-state index contributed by atoms with van der Waals surface area (Å²) in [6, 6.07) is 17.5. The van der Waals surface area contributed by atoms with E-state index in [-0.39, 0.29) is 12.5 Å². The molecule has 5 heteroatoms. The van der Waals surface area contributed by atoms with Crippen LogP contribution in [-0.2, 0) is 17.8 Å². The molecule has 0 aliphatic carbocycles. The number of halogens is 1. The zero-order chi connectivity index (χ0) is 17.4. The van der Waals surface area contributed by atoms with Crippen molar-refractivity contribution in [2.45, 2.75) is 25.9 Å². The maximum absolute atomic E-state index is 12.0. The van der Waals surface area contributed by atoms with Gasteiger partial charge < -0.3 is 10.6 Å². The third kappa shape index (κ3) is 6.15. The minimum absolute atomic E-state index is 0.175. The topological polar surface area (TPSA) is 64.9 Å². The van der Waals surface area contributed by atoms with Gasteiger partial charge in [-0.3, -0.25) is 4.79 Å². The van der Waals surface area contributed by atoms with Crippen molar-refractivity contribution < 1.29 is 4.79 Å². The second-order valence-electron chi connectivity index (χ2n) is 5.67. The molecule has 0 aliphatic heterocycles. The summed E-state index contributed by atoms with van der Waals surface area (Å²) in [5.41, 5.74) is 3.31. The molecule has 0 aliphatic rings. The van der Waals surface area contributed by atoms with E-state index in [9.17, 15) is 10.1 Å². The van der Waals surface area contributed by atoms with Gasteiger partial charge in [-0.2, -0.15) is 5.26 Å². The molecule has 1 amide bonds. The normalized spacial score (nSPS) is 11.5. The first-order chi connectivity index (χ1) is 11.6. The van der Waals surface area contributed by atoms with Gasteiger partial charge in [0.05, 0.1) is 12.6 Å². The third-order valence-corrected chi connectivity index (χ3v) is 4.11. The van der Waals surface area contributed by atoms with Crippen molar-refractivity contribution in [1.82, 2.24) is 10.6 Å². The van der Waals surface area contributed by atoms with Crippen LogP contribution in [0.2, 0.25) is 0 Å². The Hall–Kier alpha value is -2.16. The SMILES string of the molecule is Cc1ccc(C[C@@H](C#N)NC(=O)CNCc2ccc(Br)cc2)cc1. The van der Waals surface area contributed by atoms with Gasteiger partial charge in [-0.15, -0.1) is 0 Å². The molecular formula is C19H20BrN3O. The molecule has 0 saturated carbocycles. The molecule has 0 fully saturated rings. The Morgan fingerprint density at radius 3 is 2.38 bits per heavy atom. The molecule has 0 heterocycles. The number of hydrogen-bond acceptors (Lipinski definition) is 3. The van der Waals surface area contributed by atoms with Gasteiger partial charge in [-0.25, -0.2) is 0 Å². The number of aryl methyl sites for hydroxylation is 1. The van der Waals surface area contributed by atoms with Crippen molar-refractivity contribution >= 4 is 21.8 Å². The van der Waals surface area contributed by atoms with Crippen LogP contribution in [0.3, 0.4) is 0 Å². The molecule has 4 nitrogen and oxygen atoms in total. The number of hydrogen-bond donors (Lipinski definition) is 2. The zero-order valence-electron chi connectivity index (χ0n) is 13.6. The Balaban J connectivity index is 1.76. The highest BCUT2D eigenvalue weighted by Crippen LogP contribution is 2.10. The minimum Gasteiger partial charge on any atom is -0.339 e. The summed E-state index contributed by atoms with van der Waals surface area (Å²) in [5.74, 6) is -0.175. The number of amides is 1. The lowest BCUT2D eigenvalue weighted by atomic mass is 10.1. The van der Waals surface area contributed by atoms with E-state index in [4.69, 9.17) is 0 Å². The second-order valence-corrected chi connectivity index (χ2v) is 6.58. The summed E-state index contributed by atoms with van der Waals surface area (Å²) in [5, 5.41) is 15.1. The van der Waals surface area contributed by atoms with Gasteiger partial charge in [-0.1, -0.05) is 57.9 Å². The predicted octanol–water partition coefficient (Wildman–Crippen LogP) is 3.10. The molecule has 2 rings (SSSR count). The van der Waals surface area contributed by atoms with Crippen LogP contribution in [0, 0.1) is 18.3 Å². The van der Waals surface area contributed by atoms with Gasteiger partial charge in [0.25, 0.3) is 0 Å². The lowest BCUT2D eigenvalue weighted by molar-refractivity contribution is -0.120. The molecule has 0 aromatic heterocycles. The first-order valence-electron chi connectivity index (χ1n) is 7.76. The van der Waals surface area contributed by atoms with Crippen LogP contribution in [0.1, 0.15) is 16.7 Å². The first kappa shape index (κ1) is 18.2. The first-order valence-corrected chi connectivity index (χ1v) is 8.56. The van der Waals surface area contributed by atoms with Crippen molar-refractivity contribution in [2.75, 3.05) is 6.54 Å². The zero-order valence-corrected chi connectivity index (χ0v) is 15.1. The van der Waals surface area contributed by atoms with Crippen LogP contribution in [0.25, 0.3) is 0 Å². The molecule has 124 valence electrons. The average Bonchev–Trinajstić information content (AvgIpc) is 2.58. The van der Waals surface area contributed by atoms with Gasteiger partial charge in [0.2, 0.25) is 5.91 Å². The Bertz CT molecular complexity index is 705. The smallest absolute Gasteiger partial charge is 0.235 e. The molecule has 2 N–H and O–H groups in total. The molecule has 0 unspecified atom stereocenters. The van der Waals surface area contributed by atoms with Crippen LogP contribution in [0.5, 0.6) is 0 Å². The molecule has 0 saturated heterocycles. The highest BCUT2D eigenvalue weighted by molar-refractivity contribution is 9.10. The van der Waals surface area contributed by atoms with E-state index >= 15 is 0 Å². The summed E-state index contributed by atoms with van der Waals surface area (Å²) >= 11 is 3.39. The van der Waals surface area contributed by atoms with Crippen LogP contribution in [0.15, 0.2) is 53.0 Å². The molecule has 1 atom stereocenters. The fourth-order valence-corrected chi connectivity index (χ4v) is 2.52. The fourth-order valence-electron chi connectivity index (χ4n) is 2.26. The summed E-state index contributed by atoms with van der Waals surface area (Å²) in [7, 11) is 0. The Labute approximate surface area is 151 Å². The lowest BCUT2D eigenvalue weighted by Crippen LogP contribution is -2.40. The quantitative estimate of drug-likeness (QED) is 0.769. The summed E-state index contributed by atoms with van der Waals surface area (Å²) in [6.45, 7) is 2.81. The molecule has 0 radical (unpaired) electrons. The van der Waals surface area contributed by atoms with Crippen molar-refractivity contribution in [3.8, 4) is 6.07 Å². The summed E-state index contributed by atoms with van der Waals surface area (Å²) in [6.07, 6.45) is 0.509. The highest BCUT2D eigenvalue weighted by atomic mass is 79.9. The minimum atomic E-state index is -0.519. The lowest BCUT2D eigenvalue weighted by Gasteiger charge is -2.12. The molecule has 24 heavy (non-hydrogen) atoms. The van der Waals surface area contributed by atoms with E-state index in [0.717, 1.165) is 15.6 Å². The largest absolute Gasteiger partial charge is 0.339 e. The fraction of sp³-hybridized carbons (Fsp3) is 0.263. The number of nitriles is 1. The summed E-state index contributed by atoms with van der Waals surface area (Å²) in [4.78, 5) is 12.0. The number of benzene rings is 2. The van der Waals surface area contributed by atoms with Crippen LogP contribution in [0.4, 0.5) is 0 Å². The number of nitrogens with zero attached hydrogens (tertiary/aromatic N) is 1. The van der Waals surface area contributed by atoms with Gasteiger partial charge in [0.1, 0.15) is 6.04 Å². The van der Waals surface area contributed by atoms with E-state index in [1.807, 2.05) is 55.5 Å². The van der Waals surface area contributed by atoms with Crippen molar-refractivity contribution in [1.29, 1.82) is 5.26 Å². The Morgan fingerprint density at radius 2 is 1.75 bits per heavy atom. The molecule has 0 bridgehead atoms. The monoisotopic (exact) mass is 385 g/mol. The number of carbonyl (C=O) groups excluding carboxylic acids is 1. The average molecular weight is 386 g/mol. The molecule has 0 spiro atoms. The molecule has 2 aromatic carbocycles. The standard InChI is InChI=1S/C19H20BrN3O/c1-14-2-4-15(5-3-14)10-18(11-21)23-19(24)13-22-12-16-6-8-17(20)9-7-16/h2-9,18,22H,10,12-13H2,1H3,(H,23,24)/t18-/m0/s1. The van der Waals surface area contributed by atoms with E-state index in [1.165, 1.54) is 5.56 Å². The van der Waals surface area contributed by atoms with Crippen molar-refractivity contribution in [2.24, 2.45) is 0 Å². The predicted molar refractivity (Wildman–Crippen MR) is 98.3 cm³/mol. The highest BCUT2D eigenvalue weighted by Gasteiger charge is 2.11. The Morgan fingerprint density at radius 1 is 1.12 bits per heavy atom. The Kier molecular flexibility index (Phi) is 6.98. The van der Waals surface area contributed by atoms with Crippen molar-refractivity contribution in [3.63, 3.8) is 0 Å². The maximum Gasteiger partial charge on any atom is 0.235 e. The molecular weight excluding hydrogens is 366 g/mol.